The first-order valence-corrected chi connectivity index (χ1v) is 9.49. The molecule has 1 aliphatic rings. The first-order chi connectivity index (χ1) is 13.4. The van der Waals surface area contributed by atoms with Gasteiger partial charge in [-0.25, -0.2) is 4.79 Å². The molecule has 6 heteroatoms. The Hall–Kier alpha value is -3.15. The van der Waals surface area contributed by atoms with Crippen molar-refractivity contribution < 1.29 is 14.4 Å². The molecule has 0 aliphatic carbocycles. The van der Waals surface area contributed by atoms with Crippen LogP contribution >= 0.6 is 0 Å². The molecule has 1 atom stereocenters. The van der Waals surface area contributed by atoms with Crippen molar-refractivity contribution >= 4 is 23.5 Å². The highest BCUT2D eigenvalue weighted by Gasteiger charge is 2.38. The Morgan fingerprint density at radius 2 is 1.75 bits per heavy atom. The summed E-state index contributed by atoms with van der Waals surface area (Å²) in [5.41, 5.74) is 2.92. The molecule has 28 heavy (non-hydrogen) atoms. The van der Waals surface area contributed by atoms with Gasteiger partial charge in [0.15, 0.2) is 0 Å². The molecule has 0 spiro atoms. The van der Waals surface area contributed by atoms with Gasteiger partial charge in [-0.3, -0.25) is 14.5 Å². The summed E-state index contributed by atoms with van der Waals surface area (Å²) < 4.78 is 0. The molecule has 0 bridgehead atoms. The molecule has 2 aromatic carbocycles. The van der Waals surface area contributed by atoms with E-state index >= 15 is 0 Å². The number of nitrogens with one attached hydrogen (secondary N) is 2. The highest BCUT2D eigenvalue weighted by molar-refractivity contribution is 6.07. The van der Waals surface area contributed by atoms with E-state index in [-0.39, 0.29) is 12.5 Å². The van der Waals surface area contributed by atoms with Crippen LogP contribution in [0.15, 0.2) is 54.6 Å². The van der Waals surface area contributed by atoms with Crippen LogP contribution in [0.1, 0.15) is 37.3 Å². The molecule has 1 heterocycles. The Balaban J connectivity index is 1.53. The van der Waals surface area contributed by atoms with Crippen molar-refractivity contribution in [3.8, 4) is 0 Å². The van der Waals surface area contributed by atoms with Crippen LogP contribution in [0, 0.1) is 0 Å². The number of amides is 4. The number of nitrogens with zero attached hydrogens (tertiary/aromatic N) is 1. The highest BCUT2D eigenvalue weighted by atomic mass is 16.2. The zero-order valence-corrected chi connectivity index (χ0v) is 16.1. The molecule has 1 fully saturated rings. The van der Waals surface area contributed by atoms with E-state index in [0.717, 1.165) is 10.5 Å². The first kappa shape index (κ1) is 19.6. The zero-order chi connectivity index (χ0) is 20.1. The van der Waals surface area contributed by atoms with Crippen LogP contribution in [-0.2, 0) is 16.0 Å². The van der Waals surface area contributed by atoms with Gasteiger partial charge in [0, 0.05) is 5.69 Å². The molecular formula is C22H25N3O3. The van der Waals surface area contributed by atoms with E-state index in [1.165, 1.54) is 5.56 Å². The second-order valence-corrected chi connectivity index (χ2v) is 7.28. The summed E-state index contributed by atoms with van der Waals surface area (Å²) in [6, 6.07) is 16.2. The molecule has 1 saturated heterocycles. The van der Waals surface area contributed by atoms with Gasteiger partial charge < -0.3 is 10.6 Å². The van der Waals surface area contributed by atoms with E-state index in [4.69, 9.17) is 0 Å². The Morgan fingerprint density at radius 1 is 1.07 bits per heavy atom. The quantitative estimate of drug-likeness (QED) is 0.725. The highest BCUT2D eigenvalue weighted by Crippen LogP contribution is 2.18. The fourth-order valence-corrected chi connectivity index (χ4v) is 3.17. The normalized spacial score (nSPS) is 16.4. The van der Waals surface area contributed by atoms with Gasteiger partial charge in [-0.15, -0.1) is 0 Å². The number of aryl methyl sites for hydroxylation is 1. The minimum absolute atomic E-state index is 0.293. The second kappa shape index (κ2) is 8.69. The number of hydrogen-bond donors (Lipinski definition) is 2. The van der Waals surface area contributed by atoms with Crippen LogP contribution in [0.3, 0.4) is 0 Å². The van der Waals surface area contributed by atoms with Crippen LogP contribution < -0.4 is 10.6 Å². The molecular weight excluding hydrogens is 354 g/mol. The molecule has 1 unspecified atom stereocenters. The minimum atomic E-state index is -0.592. The summed E-state index contributed by atoms with van der Waals surface area (Å²) in [5, 5.41) is 5.41. The number of anilines is 1. The molecule has 0 aromatic heterocycles. The van der Waals surface area contributed by atoms with Gasteiger partial charge in [0.05, 0.1) is 0 Å². The number of hydrogen-bond acceptors (Lipinski definition) is 3. The van der Waals surface area contributed by atoms with Crippen molar-refractivity contribution in [1.82, 2.24) is 10.2 Å². The lowest BCUT2D eigenvalue weighted by Gasteiger charge is -2.13. The summed E-state index contributed by atoms with van der Waals surface area (Å²) in [4.78, 5) is 37.9. The van der Waals surface area contributed by atoms with Crippen LogP contribution in [0.2, 0.25) is 0 Å². The van der Waals surface area contributed by atoms with Crippen molar-refractivity contribution in [2.75, 3.05) is 11.9 Å². The SMILES string of the molecule is CC(C)c1ccc(NC(=O)CN2C(=O)NC(CCc3ccccc3)C2=O)cc1. The largest absolute Gasteiger partial charge is 0.326 e. The Bertz CT molecular complexity index is 847. The lowest BCUT2D eigenvalue weighted by molar-refractivity contribution is -0.130. The van der Waals surface area contributed by atoms with Gasteiger partial charge in [0.1, 0.15) is 12.6 Å². The third-order valence-electron chi connectivity index (χ3n) is 4.83. The standard InChI is InChI=1S/C22H25N3O3/c1-15(2)17-9-11-18(12-10-17)23-20(26)14-25-21(27)19(24-22(25)28)13-8-16-6-4-3-5-7-16/h3-7,9-12,15,19H,8,13-14H2,1-2H3,(H,23,26)(H,24,28). The topological polar surface area (TPSA) is 78.5 Å². The van der Waals surface area contributed by atoms with Crippen LogP contribution in [0.25, 0.3) is 0 Å². The number of benzene rings is 2. The molecule has 146 valence electrons. The van der Waals surface area contributed by atoms with Gasteiger partial charge in [-0.1, -0.05) is 56.3 Å². The smallest absolute Gasteiger partial charge is 0.325 e. The first-order valence-electron chi connectivity index (χ1n) is 9.49. The number of rotatable bonds is 7. The number of urea groups is 1. The fourth-order valence-electron chi connectivity index (χ4n) is 3.17. The van der Waals surface area contributed by atoms with E-state index in [1.807, 2.05) is 54.6 Å². The summed E-state index contributed by atoms with van der Waals surface area (Å²) in [7, 11) is 0. The third kappa shape index (κ3) is 4.76. The number of carbonyl (C=O) groups excluding carboxylic acids is 3. The predicted octanol–water partition coefficient (Wildman–Crippen LogP) is 3.30. The van der Waals surface area contributed by atoms with Gasteiger partial charge in [0.2, 0.25) is 5.91 Å². The number of carbonyl (C=O) groups is 3. The minimum Gasteiger partial charge on any atom is -0.326 e. The Morgan fingerprint density at radius 3 is 2.39 bits per heavy atom. The van der Waals surface area contributed by atoms with Crippen molar-refractivity contribution in [3.05, 3.63) is 65.7 Å². The maximum Gasteiger partial charge on any atom is 0.325 e. The van der Waals surface area contributed by atoms with Crippen molar-refractivity contribution in [2.45, 2.75) is 38.6 Å². The fraction of sp³-hybridized carbons (Fsp3) is 0.318. The summed E-state index contributed by atoms with van der Waals surface area (Å²) >= 11 is 0. The molecule has 6 nitrogen and oxygen atoms in total. The van der Waals surface area contributed by atoms with E-state index in [1.54, 1.807) is 0 Å². The van der Waals surface area contributed by atoms with Crippen LogP contribution in [0.5, 0.6) is 0 Å². The Kier molecular flexibility index (Phi) is 6.09. The zero-order valence-electron chi connectivity index (χ0n) is 16.1. The Labute approximate surface area is 164 Å². The van der Waals surface area contributed by atoms with E-state index < -0.39 is 18.0 Å². The van der Waals surface area contributed by atoms with Crippen molar-refractivity contribution in [1.29, 1.82) is 0 Å². The summed E-state index contributed by atoms with van der Waals surface area (Å²) in [5.74, 6) is -0.348. The van der Waals surface area contributed by atoms with Gasteiger partial charge in [0.25, 0.3) is 5.91 Å². The van der Waals surface area contributed by atoms with Crippen LogP contribution in [-0.4, -0.2) is 35.3 Å². The molecule has 1 aliphatic heterocycles. The average Bonchev–Trinajstić information content (AvgIpc) is 2.95. The van der Waals surface area contributed by atoms with Gasteiger partial charge in [-0.05, 0) is 42.0 Å². The summed E-state index contributed by atoms with van der Waals surface area (Å²) in [6.07, 6.45) is 1.18. The monoisotopic (exact) mass is 379 g/mol. The maximum atomic E-state index is 12.5. The predicted molar refractivity (Wildman–Crippen MR) is 108 cm³/mol. The van der Waals surface area contributed by atoms with Crippen LogP contribution in [0.4, 0.5) is 10.5 Å². The van der Waals surface area contributed by atoms with E-state index in [9.17, 15) is 14.4 Å². The average molecular weight is 379 g/mol. The molecule has 0 saturated carbocycles. The van der Waals surface area contributed by atoms with E-state index in [0.29, 0.717) is 24.4 Å². The van der Waals surface area contributed by atoms with E-state index in [2.05, 4.69) is 24.5 Å². The lowest BCUT2D eigenvalue weighted by atomic mass is 10.0. The molecule has 2 aromatic rings. The molecule has 0 radical (unpaired) electrons. The van der Waals surface area contributed by atoms with Crippen molar-refractivity contribution in [3.63, 3.8) is 0 Å². The maximum absolute atomic E-state index is 12.5. The number of imide groups is 1. The van der Waals surface area contributed by atoms with Gasteiger partial charge in [-0.2, -0.15) is 0 Å². The molecule has 2 N–H and O–H groups in total. The van der Waals surface area contributed by atoms with Gasteiger partial charge >= 0.3 is 6.03 Å². The molecule has 4 amide bonds. The summed E-state index contributed by atoms with van der Waals surface area (Å²) in [6.45, 7) is 3.90. The lowest BCUT2D eigenvalue weighted by Crippen LogP contribution is -2.38. The van der Waals surface area contributed by atoms with Crippen molar-refractivity contribution in [2.24, 2.45) is 0 Å². The third-order valence-corrected chi connectivity index (χ3v) is 4.83. The molecule has 3 rings (SSSR count). The second-order valence-electron chi connectivity index (χ2n) is 7.28.